The van der Waals surface area contributed by atoms with Gasteiger partial charge in [-0.05, 0) is 59.0 Å². The lowest BCUT2D eigenvalue weighted by atomic mass is 9.89. The van der Waals surface area contributed by atoms with Crippen molar-refractivity contribution in [1.82, 2.24) is 0 Å². The number of hydrogen-bond donors (Lipinski definition) is 0. The van der Waals surface area contributed by atoms with Crippen molar-refractivity contribution >= 4 is 44.5 Å². The molecule has 1 aliphatic rings. The molecule has 0 aromatic heterocycles. The summed E-state index contributed by atoms with van der Waals surface area (Å²) in [4.78, 5) is 12.4. The average molecular weight is 538 g/mol. The van der Waals surface area contributed by atoms with Gasteiger partial charge in [0.25, 0.3) is 0 Å². The van der Waals surface area contributed by atoms with Crippen molar-refractivity contribution < 1.29 is 23.3 Å². The third-order valence-corrected chi connectivity index (χ3v) is 8.04. The number of ether oxygens (including phenoxy) is 2. The highest BCUT2D eigenvalue weighted by Crippen LogP contribution is 2.40. The van der Waals surface area contributed by atoms with Gasteiger partial charge in [0.05, 0.1) is 6.61 Å². The summed E-state index contributed by atoms with van der Waals surface area (Å²) in [5, 5.41) is 0. The van der Waals surface area contributed by atoms with Crippen LogP contribution in [0.2, 0.25) is 0 Å². The molecular formula is C20H28IO5PS. The highest BCUT2D eigenvalue weighted by Gasteiger charge is 2.32. The number of carbonyl (C=O) groups is 1. The molecule has 156 valence electrons. The van der Waals surface area contributed by atoms with E-state index in [1.54, 1.807) is 23.2 Å². The standard InChI is InChI=1S/C20H28IO5PS/c1-6-15-14(3)17-11-26-20(22)18(17)19(25-9-10-28-21)16(15)8-7-13(2)12-27(23-4)24-5/h7H,6,8-12H2,1-5H3/b13-7+. The molecule has 8 heteroatoms. The van der Waals surface area contributed by atoms with Crippen LogP contribution in [-0.4, -0.2) is 38.7 Å². The van der Waals surface area contributed by atoms with Gasteiger partial charge in [-0.15, -0.1) is 0 Å². The van der Waals surface area contributed by atoms with E-state index in [0.717, 1.165) is 35.0 Å². The van der Waals surface area contributed by atoms with Crippen molar-refractivity contribution in [3.63, 3.8) is 0 Å². The summed E-state index contributed by atoms with van der Waals surface area (Å²) in [6, 6.07) is 0. The molecule has 0 N–H and O–H groups in total. The molecule has 0 saturated heterocycles. The third-order valence-electron chi connectivity index (χ3n) is 4.83. The Morgan fingerprint density at radius 1 is 1.32 bits per heavy atom. The van der Waals surface area contributed by atoms with Gasteiger partial charge in [0, 0.05) is 37.3 Å². The molecule has 1 aliphatic heterocycles. The topological polar surface area (TPSA) is 54.0 Å². The number of halogens is 1. The Morgan fingerprint density at radius 2 is 2.04 bits per heavy atom. The summed E-state index contributed by atoms with van der Waals surface area (Å²) < 4.78 is 22.2. The summed E-state index contributed by atoms with van der Waals surface area (Å²) in [6.45, 7) is 7.21. The first-order chi connectivity index (χ1) is 13.5. The van der Waals surface area contributed by atoms with Crippen LogP contribution in [0.4, 0.5) is 0 Å². The van der Waals surface area contributed by atoms with Crippen molar-refractivity contribution in [1.29, 1.82) is 0 Å². The minimum atomic E-state index is -0.902. The van der Waals surface area contributed by atoms with Crippen molar-refractivity contribution in [3.8, 4) is 5.75 Å². The Labute approximate surface area is 185 Å². The fourth-order valence-corrected chi connectivity index (χ4v) is 5.03. The SMILES string of the molecule is CCc1c(C)c2c(c(OCCSI)c1C/C=C(\C)CP(OC)OC)C(=O)OC2. The molecule has 0 unspecified atom stereocenters. The molecule has 5 nitrogen and oxygen atoms in total. The van der Waals surface area contributed by atoms with E-state index in [1.807, 2.05) is 0 Å². The molecule has 0 atom stereocenters. The van der Waals surface area contributed by atoms with Gasteiger partial charge in [0.2, 0.25) is 0 Å². The molecule has 1 heterocycles. The maximum atomic E-state index is 12.4. The Morgan fingerprint density at radius 3 is 2.64 bits per heavy atom. The Hall–Kier alpha value is -0.340. The van der Waals surface area contributed by atoms with Crippen molar-refractivity contribution in [2.75, 3.05) is 32.7 Å². The van der Waals surface area contributed by atoms with Crippen LogP contribution >= 0.6 is 38.5 Å². The van der Waals surface area contributed by atoms with Gasteiger partial charge in [-0.25, -0.2) is 4.79 Å². The zero-order valence-electron chi connectivity index (χ0n) is 17.1. The predicted molar refractivity (Wildman–Crippen MR) is 125 cm³/mol. The van der Waals surface area contributed by atoms with Crippen LogP contribution < -0.4 is 4.74 Å². The van der Waals surface area contributed by atoms with Crippen LogP contribution in [0.15, 0.2) is 11.6 Å². The Bertz CT molecular complexity index is 734. The fraction of sp³-hybridized carbons (Fsp3) is 0.550. The highest BCUT2D eigenvalue weighted by molar-refractivity contribution is 14.2. The zero-order valence-corrected chi connectivity index (χ0v) is 21.0. The number of hydrogen-bond acceptors (Lipinski definition) is 6. The zero-order chi connectivity index (χ0) is 20.7. The summed E-state index contributed by atoms with van der Waals surface area (Å²) in [5.74, 6) is 1.29. The smallest absolute Gasteiger partial charge is 0.342 e. The second kappa shape index (κ2) is 11.7. The van der Waals surface area contributed by atoms with E-state index >= 15 is 0 Å². The monoisotopic (exact) mass is 538 g/mol. The first-order valence-corrected chi connectivity index (χ1v) is 14.1. The maximum absolute atomic E-state index is 12.4. The van der Waals surface area contributed by atoms with Gasteiger partial charge in [-0.3, -0.25) is 0 Å². The first kappa shape index (κ1) is 23.9. The van der Waals surface area contributed by atoms with Crippen molar-refractivity contribution in [3.05, 3.63) is 39.5 Å². The number of fused-ring (bicyclic) bond motifs is 1. The predicted octanol–water partition coefficient (Wildman–Crippen LogP) is 5.78. The summed E-state index contributed by atoms with van der Waals surface area (Å²) in [7, 11) is 4.14. The largest absolute Gasteiger partial charge is 0.491 e. The molecule has 1 aromatic carbocycles. The molecule has 0 radical (unpaired) electrons. The number of cyclic esters (lactones) is 1. The van der Waals surface area contributed by atoms with Gasteiger partial charge >= 0.3 is 5.97 Å². The van der Waals surface area contributed by atoms with Crippen LogP contribution in [0, 0.1) is 6.92 Å². The van der Waals surface area contributed by atoms with Crippen LogP contribution in [-0.2, 0) is 33.2 Å². The van der Waals surface area contributed by atoms with Gasteiger partial charge in [-0.1, -0.05) is 27.5 Å². The van der Waals surface area contributed by atoms with Gasteiger partial charge < -0.3 is 18.5 Å². The molecular weight excluding hydrogens is 510 g/mol. The summed E-state index contributed by atoms with van der Waals surface area (Å²) >= 11 is 2.26. The molecule has 0 saturated carbocycles. The van der Waals surface area contributed by atoms with E-state index in [-0.39, 0.29) is 5.97 Å². The molecule has 0 amide bonds. The van der Waals surface area contributed by atoms with Gasteiger partial charge in [0.1, 0.15) is 17.9 Å². The number of carbonyl (C=O) groups excluding carboxylic acids is 1. The van der Waals surface area contributed by atoms with Crippen LogP contribution in [0.5, 0.6) is 5.75 Å². The lowest BCUT2D eigenvalue weighted by molar-refractivity contribution is 0.0532. The first-order valence-electron chi connectivity index (χ1n) is 9.20. The normalized spacial score (nSPS) is 13.8. The van der Waals surface area contributed by atoms with Crippen molar-refractivity contribution in [2.24, 2.45) is 0 Å². The summed E-state index contributed by atoms with van der Waals surface area (Å²) in [5.41, 5.74) is 6.28. The van der Waals surface area contributed by atoms with Gasteiger partial charge in [0.15, 0.2) is 8.38 Å². The van der Waals surface area contributed by atoms with E-state index in [0.29, 0.717) is 30.9 Å². The highest BCUT2D eigenvalue weighted by atomic mass is 127. The van der Waals surface area contributed by atoms with Gasteiger partial charge in [-0.2, -0.15) is 0 Å². The average Bonchev–Trinajstić information content (AvgIpc) is 3.08. The Balaban J connectivity index is 2.44. The van der Waals surface area contributed by atoms with E-state index in [1.165, 1.54) is 11.1 Å². The minimum Gasteiger partial charge on any atom is -0.491 e. The number of esters is 1. The minimum absolute atomic E-state index is 0.276. The van der Waals surface area contributed by atoms with Crippen molar-refractivity contribution in [2.45, 2.75) is 40.2 Å². The quantitative estimate of drug-likeness (QED) is 0.117. The second-order valence-electron chi connectivity index (χ2n) is 6.47. The maximum Gasteiger partial charge on any atom is 0.342 e. The van der Waals surface area contributed by atoms with E-state index < -0.39 is 8.38 Å². The lowest BCUT2D eigenvalue weighted by Gasteiger charge is -2.20. The van der Waals surface area contributed by atoms with E-state index in [9.17, 15) is 4.79 Å². The lowest BCUT2D eigenvalue weighted by Crippen LogP contribution is -2.11. The van der Waals surface area contributed by atoms with E-state index in [2.05, 4.69) is 48.1 Å². The molecule has 0 spiro atoms. The number of rotatable bonds is 11. The fourth-order valence-electron chi connectivity index (χ4n) is 3.40. The molecule has 0 aliphatic carbocycles. The molecule has 2 rings (SSSR count). The summed E-state index contributed by atoms with van der Waals surface area (Å²) in [6.07, 6.45) is 4.54. The van der Waals surface area contributed by atoms with Crippen LogP contribution in [0.25, 0.3) is 0 Å². The molecule has 0 bridgehead atoms. The molecule has 1 aromatic rings. The van der Waals surface area contributed by atoms with E-state index in [4.69, 9.17) is 18.5 Å². The Kier molecular flexibility index (Phi) is 10.0. The number of allylic oxidation sites excluding steroid dienone is 2. The number of benzene rings is 1. The second-order valence-corrected chi connectivity index (χ2v) is 10.7. The van der Waals surface area contributed by atoms with Crippen LogP contribution in [0.3, 0.4) is 0 Å². The molecule has 0 fully saturated rings. The molecule has 28 heavy (non-hydrogen) atoms. The third kappa shape index (κ3) is 5.63. The van der Waals surface area contributed by atoms with Crippen LogP contribution in [0.1, 0.15) is 46.5 Å².